The lowest BCUT2D eigenvalue weighted by Gasteiger charge is -2.22. The molecular weight excluding hydrogens is 294 g/mol. The molecule has 0 amide bonds. The van der Waals surface area contributed by atoms with Crippen molar-refractivity contribution < 1.29 is 9.53 Å². The van der Waals surface area contributed by atoms with Gasteiger partial charge in [0.2, 0.25) is 0 Å². The molecule has 0 saturated carbocycles. The van der Waals surface area contributed by atoms with Gasteiger partial charge < -0.3 is 9.64 Å². The number of thiophene rings is 1. The Hall–Kier alpha value is -2.33. The third kappa shape index (κ3) is 2.70. The Morgan fingerprint density at radius 1 is 1.23 bits per heavy atom. The van der Waals surface area contributed by atoms with Crippen LogP contribution in [0.3, 0.4) is 0 Å². The summed E-state index contributed by atoms with van der Waals surface area (Å²) < 4.78 is 4.92. The van der Waals surface area contributed by atoms with Gasteiger partial charge in [0.05, 0.1) is 12.7 Å². The molecule has 0 aliphatic carbocycles. The van der Waals surface area contributed by atoms with Crippen LogP contribution in [0.15, 0.2) is 64.8 Å². The van der Waals surface area contributed by atoms with E-state index in [9.17, 15) is 4.79 Å². The molecule has 1 aliphatic heterocycles. The number of carbonyl (C=O) groups is 1. The molecule has 0 radical (unpaired) electrons. The Labute approximate surface area is 134 Å². The van der Waals surface area contributed by atoms with E-state index in [1.165, 1.54) is 12.0 Å². The zero-order chi connectivity index (χ0) is 15.5. The molecular formula is C18H17NO2S. The first kappa shape index (κ1) is 14.6. The molecule has 22 heavy (non-hydrogen) atoms. The largest absolute Gasteiger partial charge is 0.466 e. The van der Waals surface area contributed by atoms with Crippen LogP contribution in [0, 0.1) is 0 Å². The summed E-state index contributed by atoms with van der Waals surface area (Å²) in [4.78, 5) is 15.3. The van der Waals surface area contributed by atoms with Gasteiger partial charge >= 0.3 is 5.97 Å². The van der Waals surface area contributed by atoms with Crippen molar-refractivity contribution in [2.24, 2.45) is 0 Å². The molecule has 4 heteroatoms. The van der Waals surface area contributed by atoms with Crippen LogP contribution in [-0.4, -0.2) is 13.1 Å². The average Bonchev–Trinajstić information content (AvgIpc) is 3.16. The quantitative estimate of drug-likeness (QED) is 0.785. The number of anilines is 1. The fraction of sp³-hybridized carbons (Fsp3) is 0.167. The molecule has 0 N–H and O–H groups in total. The lowest BCUT2D eigenvalue weighted by Crippen LogP contribution is -2.15. The summed E-state index contributed by atoms with van der Waals surface area (Å²) in [5.74, 6) is -0.256. The number of hydrogen-bond donors (Lipinski definition) is 0. The zero-order valence-corrected chi connectivity index (χ0v) is 13.4. The summed E-state index contributed by atoms with van der Waals surface area (Å²) in [5, 5.41) is 2.05. The average molecular weight is 311 g/mol. The Kier molecular flexibility index (Phi) is 4.11. The molecule has 0 saturated heterocycles. The van der Waals surface area contributed by atoms with E-state index in [1.807, 2.05) is 43.3 Å². The van der Waals surface area contributed by atoms with Gasteiger partial charge in [0, 0.05) is 28.4 Å². The van der Waals surface area contributed by atoms with Crippen LogP contribution < -0.4 is 4.90 Å². The summed E-state index contributed by atoms with van der Waals surface area (Å²) in [6.45, 7) is 1.97. The smallest absolute Gasteiger partial charge is 0.335 e. The molecule has 2 heterocycles. The van der Waals surface area contributed by atoms with Gasteiger partial charge in [-0.05, 0) is 36.6 Å². The van der Waals surface area contributed by atoms with Crippen molar-refractivity contribution in [2.45, 2.75) is 13.3 Å². The number of benzene rings is 1. The number of esters is 1. The van der Waals surface area contributed by atoms with Gasteiger partial charge in [0.15, 0.2) is 0 Å². The lowest BCUT2D eigenvalue weighted by molar-refractivity contribution is -0.136. The molecule has 3 rings (SSSR count). The normalized spacial score (nSPS) is 16.5. The molecule has 0 spiro atoms. The third-order valence-corrected chi connectivity index (χ3v) is 4.53. The van der Waals surface area contributed by atoms with Gasteiger partial charge in [0.25, 0.3) is 0 Å². The summed E-state index contributed by atoms with van der Waals surface area (Å²) in [5.41, 5.74) is 3.79. The maximum absolute atomic E-state index is 12.0. The van der Waals surface area contributed by atoms with Crippen LogP contribution in [-0.2, 0) is 9.53 Å². The van der Waals surface area contributed by atoms with Gasteiger partial charge in [-0.3, -0.25) is 0 Å². The van der Waals surface area contributed by atoms with E-state index < -0.39 is 0 Å². The highest BCUT2D eigenvalue weighted by molar-refractivity contribution is 7.10. The second-order valence-electron chi connectivity index (χ2n) is 5.05. The number of para-hydroxylation sites is 1. The fourth-order valence-corrected chi connectivity index (χ4v) is 3.35. The van der Waals surface area contributed by atoms with Crippen molar-refractivity contribution in [3.63, 3.8) is 0 Å². The summed E-state index contributed by atoms with van der Waals surface area (Å²) in [7, 11) is 1.43. The summed E-state index contributed by atoms with van der Waals surface area (Å²) in [6, 6.07) is 14.2. The monoisotopic (exact) mass is 311 g/mol. The van der Waals surface area contributed by atoms with E-state index >= 15 is 0 Å². The number of rotatable bonds is 3. The zero-order valence-electron chi connectivity index (χ0n) is 12.6. The first-order valence-corrected chi connectivity index (χ1v) is 7.96. The van der Waals surface area contributed by atoms with Gasteiger partial charge in [-0.2, -0.15) is 0 Å². The maximum Gasteiger partial charge on any atom is 0.335 e. The molecule has 1 aromatic carbocycles. The van der Waals surface area contributed by atoms with Crippen molar-refractivity contribution >= 4 is 29.1 Å². The van der Waals surface area contributed by atoms with Crippen LogP contribution in [0.25, 0.3) is 6.08 Å². The van der Waals surface area contributed by atoms with Gasteiger partial charge in [-0.25, -0.2) is 4.79 Å². The van der Waals surface area contributed by atoms with Crippen molar-refractivity contribution in [1.82, 2.24) is 0 Å². The highest BCUT2D eigenvalue weighted by Crippen LogP contribution is 2.37. The van der Waals surface area contributed by atoms with Crippen molar-refractivity contribution in [2.75, 3.05) is 12.0 Å². The molecule has 0 atom stereocenters. The van der Waals surface area contributed by atoms with E-state index in [4.69, 9.17) is 4.74 Å². The van der Waals surface area contributed by atoms with Crippen molar-refractivity contribution in [3.8, 4) is 0 Å². The highest BCUT2D eigenvalue weighted by atomic mass is 32.1. The van der Waals surface area contributed by atoms with Crippen LogP contribution in [0.4, 0.5) is 5.69 Å². The van der Waals surface area contributed by atoms with Crippen LogP contribution >= 0.6 is 11.3 Å². The number of allylic oxidation sites excluding steroid dienone is 2. The van der Waals surface area contributed by atoms with E-state index in [1.54, 1.807) is 11.3 Å². The van der Waals surface area contributed by atoms with Crippen LogP contribution in [0.2, 0.25) is 0 Å². The molecule has 0 fully saturated rings. The first-order valence-electron chi connectivity index (χ1n) is 7.08. The Morgan fingerprint density at radius 2 is 2.00 bits per heavy atom. The number of nitrogens with zero attached hydrogens (tertiary/aromatic N) is 1. The molecule has 1 aromatic heterocycles. The SMILES string of the molecule is COC(=O)C1=C(C)N(c2ccccc2)C(=Cc2cccs2)C1. The van der Waals surface area contributed by atoms with Crippen molar-refractivity contribution in [3.05, 3.63) is 69.7 Å². The Bertz CT molecular complexity index is 730. The third-order valence-electron chi connectivity index (χ3n) is 3.72. The summed E-state index contributed by atoms with van der Waals surface area (Å²) in [6.07, 6.45) is 2.72. The number of methoxy groups -OCH3 is 1. The Balaban J connectivity index is 2.06. The maximum atomic E-state index is 12.0. The topological polar surface area (TPSA) is 29.5 Å². The molecule has 112 valence electrons. The minimum absolute atomic E-state index is 0.256. The van der Waals surface area contributed by atoms with Crippen molar-refractivity contribution in [1.29, 1.82) is 0 Å². The predicted octanol–water partition coefficient (Wildman–Crippen LogP) is 4.45. The number of ether oxygens (including phenoxy) is 1. The second kappa shape index (κ2) is 6.20. The predicted molar refractivity (Wildman–Crippen MR) is 90.6 cm³/mol. The van der Waals surface area contributed by atoms with E-state index in [0.717, 1.165) is 17.1 Å². The minimum atomic E-state index is -0.256. The second-order valence-corrected chi connectivity index (χ2v) is 6.03. The molecule has 0 bridgehead atoms. The number of carbonyl (C=O) groups excluding carboxylic acids is 1. The van der Waals surface area contributed by atoms with Crippen LogP contribution in [0.1, 0.15) is 18.2 Å². The van der Waals surface area contributed by atoms with Gasteiger partial charge in [-0.1, -0.05) is 24.3 Å². The molecule has 3 nitrogen and oxygen atoms in total. The highest BCUT2D eigenvalue weighted by Gasteiger charge is 2.29. The van der Waals surface area contributed by atoms with Crippen LogP contribution in [0.5, 0.6) is 0 Å². The fourth-order valence-electron chi connectivity index (χ4n) is 2.67. The minimum Gasteiger partial charge on any atom is -0.466 e. The molecule has 1 aliphatic rings. The first-order chi connectivity index (χ1) is 10.7. The lowest BCUT2D eigenvalue weighted by atomic mass is 10.1. The van der Waals surface area contributed by atoms with Gasteiger partial charge in [0.1, 0.15) is 0 Å². The van der Waals surface area contributed by atoms with E-state index in [2.05, 4.69) is 22.4 Å². The molecule has 2 aromatic rings. The standard InChI is InChI=1S/C18H17NO2S/c1-13-17(18(20)21-2)12-15(11-16-9-6-10-22-16)19(13)14-7-4-3-5-8-14/h3-11H,12H2,1-2H3. The van der Waals surface area contributed by atoms with Gasteiger partial charge in [-0.15, -0.1) is 11.3 Å². The Morgan fingerprint density at radius 3 is 2.64 bits per heavy atom. The molecule has 0 unspecified atom stereocenters. The van der Waals surface area contributed by atoms with E-state index in [0.29, 0.717) is 12.0 Å². The van der Waals surface area contributed by atoms with E-state index in [-0.39, 0.29) is 5.97 Å². The number of hydrogen-bond acceptors (Lipinski definition) is 4. The summed E-state index contributed by atoms with van der Waals surface area (Å²) >= 11 is 1.69.